The Balaban J connectivity index is 2.17. The van der Waals surface area contributed by atoms with Crippen LogP contribution in [0.25, 0.3) is 0 Å². The minimum absolute atomic E-state index is 0.153. The third-order valence-corrected chi connectivity index (χ3v) is 3.29. The number of amides is 1. The smallest absolute Gasteiger partial charge is 0.251 e. The molecule has 106 valence electrons. The van der Waals surface area contributed by atoms with E-state index in [0.29, 0.717) is 16.3 Å². The summed E-state index contributed by atoms with van der Waals surface area (Å²) in [6.07, 6.45) is 0. The molecule has 1 amide bonds. The quantitative estimate of drug-likeness (QED) is 0.849. The van der Waals surface area contributed by atoms with E-state index in [-0.39, 0.29) is 11.9 Å². The summed E-state index contributed by atoms with van der Waals surface area (Å²) in [6.45, 7) is 5.66. The second-order valence-electron chi connectivity index (χ2n) is 4.84. The first-order valence-electron chi connectivity index (χ1n) is 6.30. The highest BCUT2D eigenvalue weighted by Gasteiger charge is 2.16. The third-order valence-electron chi connectivity index (χ3n) is 3.08. The van der Waals surface area contributed by atoms with Crippen molar-refractivity contribution in [3.63, 3.8) is 0 Å². The van der Waals surface area contributed by atoms with Gasteiger partial charge in [0.25, 0.3) is 5.91 Å². The van der Waals surface area contributed by atoms with Crippen LogP contribution in [0.2, 0.25) is 5.02 Å². The van der Waals surface area contributed by atoms with Crippen molar-refractivity contribution in [1.82, 2.24) is 5.32 Å². The van der Waals surface area contributed by atoms with Gasteiger partial charge < -0.3 is 15.5 Å². The van der Waals surface area contributed by atoms with E-state index in [0.717, 1.165) is 17.1 Å². The topological polar surface area (TPSA) is 68.3 Å². The maximum atomic E-state index is 12.2. The number of carbonyl (C=O) groups is 1. The molecular formula is C15H17ClN2O2. The Morgan fingerprint density at radius 3 is 2.55 bits per heavy atom. The van der Waals surface area contributed by atoms with Crippen LogP contribution in [0, 0.1) is 13.8 Å². The zero-order valence-electron chi connectivity index (χ0n) is 11.7. The summed E-state index contributed by atoms with van der Waals surface area (Å²) in [7, 11) is 0. The largest absolute Gasteiger partial charge is 0.466 e. The average Bonchev–Trinajstić information content (AvgIpc) is 2.67. The van der Waals surface area contributed by atoms with Gasteiger partial charge in [0, 0.05) is 21.8 Å². The molecule has 1 heterocycles. The van der Waals surface area contributed by atoms with Crippen molar-refractivity contribution in [2.45, 2.75) is 26.8 Å². The summed E-state index contributed by atoms with van der Waals surface area (Å²) in [4.78, 5) is 12.2. The molecular weight excluding hydrogens is 276 g/mol. The standard InChI is InChI=1S/C15H17ClN2O2/c1-8-4-14(10(3)20-8)9(2)18-15(19)11-5-12(16)7-13(17)6-11/h4-7,9H,17H2,1-3H3,(H,18,19). The molecule has 1 atom stereocenters. The van der Waals surface area contributed by atoms with Crippen LogP contribution in [0.15, 0.2) is 28.7 Å². The Morgan fingerprint density at radius 2 is 2.00 bits per heavy atom. The molecule has 1 unspecified atom stereocenters. The predicted octanol–water partition coefficient (Wildman–Crippen LogP) is 3.62. The van der Waals surface area contributed by atoms with Gasteiger partial charge in [-0.3, -0.25) is 4.79 Å². The van der Waals surface area contributed by atoms with E-state index < -0.39 is 0 Å². The van der Waals surface area contributed by atoms with Crippen molar-refractivity contribution in [3.05, 3.63) is 51.9 Å². The molecule has 0 aliphatic rings. The van der Waals surface area contributed by atoms with E-state index in [1.54, 1.807) is 18.2 Å². The van der Waals surface area contributed by atoms with Crippen LogP contribution in [-0.2, 0) is 0 Å². The molecule has 1 aromatic heterocycles. The van der Waals surface area contributed by atoms with E-state index in [4.69, 9.17) is 21.8 Å². The first kappa shape index (κ1) is 14.5. The van der Waals surface area contributed by atoms with Crippen LogP contribution in [0.4, 0.5) is 5.69 Å². The second-order valence-corrected chi connectivity index (χ2v) is 5.27. The molecule has 0 aliphatic carbocycles. The number of benzene rings is 1. The van der Waals surface area contributed by atoms with Gasteiger partial charge >= 0.3 is 0 Å². The third kappa shape index (κ3) is 3.14. The van der Waals surface area contributed by atoms with Crippen LogP contribution < -0.4 is 11.1 Å². The Hall–Kier alpha value is -1.94. The molecule has 20 heavy (non-hydrogen) atoms. The van der Waals surface area contributed by atoms with E-state index in [1.165, 1.54) is 0 Å². The highest BCUT2D eigenvalue weighted by atomic mass is 35.5. The molecule has 0 saturated carbocycles. The summed E-state index contributed by atoms with van der Waals surface area (Å²) < 4.78 is 5.47. The van der Waals surface area contributed by atoms with Gasteiger partial charge in [0.2, 0.25) is 0 Å². The van der Waals surface area contributed by atoms with Crippen molar-refractivity contribution < 1.29 is 9.21 Å². The van der Waals surface area contributed by atoms with Gasteiger partial charge in [0.05, 0.1) is 6.04 Å². The van der Waals surface area contributed by atoms with Crippen LogP contribution in [0.5, 0.6) is 0 Å². The summed E-state index contributed by atoms with van der Waals surface area (Å²) >= 11 is 5.90. The van der Waals surface area contributed by atoms with Crippen LogP contribution in [0.1, 0.15) is 40.4 Å². The molecule has 2 rings (SSSR count). The number of nitrogens with one attached hydrogen (secondary N) is 1. The van der Waals surface area contributed by atoms with Crippen LogP contribution >= 0.6 is 11.6 Å². The Bertz CT molecular complexity index is 629. The first-order valence-corrected chi connectivity index (χ1v) is 6.68. The summed E-state index contributed by atoms with van der Waals surface area (Å²) in [6, 6.07) is 6.56. The Labute approximate surface area is 122 Å². The second kappa shape index (κ2) is 5.59. The Kier molecular flexibility index (Phi) is 4.04. The van der Waals surface area contributed by atoms with Crippen LogP contribution in [-0.4, -0.2) is 5.91 Å². The number of furan rings is 1. The molecule has 3 N–H and O–H groups in total. The van der Waals surface area contributed by atoms with Gasteiger partial charge in [0.15, 0.2) is 0 Å². The molecule has 1 aromatic carbocycles. The number of halogens is 1. The lowest BCUT2D eigenvalue weighted by molar-refractivity contribution is 0.0940. The molecule has 4 nitrogen and oxygen atoms in total. The average molecular weight is 293 g/mol. The summed E-state index contributed by atoms with van der Waals surface area (Å²) in [5.41, 5.74) is 7.56. The molecule has 0 radical (unpaired) electrons. The lowest BCUT2D eigenvalue weighted by Gasteiger charge is -2.13. The van der Waals surface area contributed by atoms with E-state index in [2.05, 4.69) is 5.32 Å². The highest BCUT2D eigenvalue weighted by Crippen LogP contribution is 2.22. The maximum Gasteiger partial charge on any atom is 0.251 e. The lowest BCUT2D eigenvalue weighted by atomic mass is 10.1. The number of aryl methyl sites for hydroxylation is 2. The number of carbonyl (C=O) groups excluding carboxylic acids is 1. The van der Waals surface area contributed by atoms with Crippen molar-refractivity contribution in [2.24, 2.45) is 0 Å². The number of rotatable bonds is 3. The fourth-order valence-corrected chi connectivity index (χ4v) is 2.43. The fourth-order valence-electron chi connectivity index (χ4n) is 2.18. The SMILES string of the molecule is Cc1cc(C(C)NC(=O)c2cc(N)cc(Cl)c2)c(C)o1. The molecule has 0 saturated heterocycles. The van der Waals surface area contributed by atoms with Gasteiger partial charge in [-0.1, -0.05) is 11.6 Å². The van der Waals surface area contributed by atoms with Crippen molar-refractivity contribution in [2.75, 3.05) is 5.73 Å². The van der Waals surface area contributed by atoms with Gasteiger partial charge in [-0.15, -0.1) is 0 Å². The molecule has 5 heteroatoms. The minimum Gasteiger partial charge on any atom is -0.466 e. The summed E-state index contributed by atoms with van der Waals surface area (Å²) in [5, 5.41) is 3.35. The van der Waals surface area contributed by atoms with Gasteiger partial charge in [-0.25, -0.2) is 0 Å². The van der Waals surface area contributed by atoms with E-state index in [1.807, 2.05) is 26.8 Å². The zero-order chi connectivity index (χ0) is 14.9. The van der Waals surface area contributed by atoms with Gasteiger partial charge in [-0.2, -0.15) is 0 Å². The first-order chi connectivity index (χ1) is 9.36. The minimum atomic E-state index is -0.218. The lowest BCUT2D eigenvalue weighted by Crippen LogP contribution is -2.26. The maximum absolute atomic E-state index is 12.2. The van der Waals surface area contributed by atoms with Crippen molar-refractivity contribution in [1.29, 1.82) is 0 Å². The van der Waals surface area contributed by atoms with Crippen molar-refractivity contribution in [3.8, 4) is 0 Å². The summed E-state index contributed by atoms with van der Waals surface area (Å²) in [5.74, 6) is 1.41. The number of nitrogen functional groups attached to an aromatic ring is 1. The predicted molar refractivity (Wildman–Crippen MR) is 79.9 cm³/mol. The normalized spacial score (nSPS) is 12.2. The Morgan fingerprint density at radius 1 is 1.30 bits per heavy atom. The van der Waals surface area contributed by atoms with E-state index in [9.17, 15) is 4.79 Å². The molecule has 0 bridgehead atoms. The number of nitrogens with two attached hydrogens (primary N) is 1. The highest BCUT2D eigenvalue weighted by molar-refractivity contribution is 6.31. The van der Waals surface area contributed by atoms with Crippen molar-refractivity contribution >= 4 is 23.2 Å². The fraction of sp³-hybridized carbons (Fsp3) is 0.267. The van der Waals surface area contributed by atoms with Crippen LogP contribution in [0.3, 0.4) is 0 Å². The molecule has 2 aromatic rings. The molecule has 0 fully saturated rings. The van der Waals surface area contributed by atoms with Gasteiger partial charge in [-0.05, 0) is 45.0 Å². The van der Waals surface area contributed by atoms with E-state index >= 15 is 0 Å². The molecule has 0 spiro atoms. The monoisotopic (exact) mass is 292 g/mol. The number of anilines is 1. The van der Waals surface area contributed by atoms with Gasteiger partial charge in [0.1, 0.15) is 11.5 Å². The zero-order valence-corrected chi connectivity index (χ0v) is 12.4. The molecule has 0 aliphatic heterocycles. The number of hydrogen-bond donors (Lipinski definition) is 2. The number of hydrogen-bond acceptors (Lipinski definition) is 3.